The lowest BCUT2D eigenvalue weighted by Crippen LogP contribution is -2.35. The first-order valence-corrected chi connectivity index (χ1v) is 9.69. The van der Waals surface area contributed by atoms with E-state index in [2.05, 4.69) is 15.6 Å². The molecule has 0 saturated carbocycles. The Morgan fingerprint density at radius 1 is 1.07 bits per heavy atom. The van der Waals surface area contributed by atoms with E-state index in [0.29, 0.717) is 31.7 Å². The molecule has 3 rings (SSSR count). The Morgan fingerprint density at radius 2 is 1.83 bits per heavy atom. The van der Waals surface area contributed by atoms with Gasteiger partial charge in [0.25, 0.3) is 11.8 Å². The van der Waals surface area contributed by atoms with Gasteiger partial charge >= 0.3 is 0 Å². The van der Waals surface area contributed by atoms with Crippen LogP contribution in [0.1, 0.15) is 29.3 Å². The summed E-state index contributed by atoms with van der Waals surface area (Å²) >= 11 is 0. The molecule has 0 spiro atoms. The molecule has 29 heavy (non-hydrogen) atoms. The van der Waals surface area contributed by atoms with Crippen molar-refractivity contribution in [3.8, 4) is 0 Å². The van der Waals surface area contributed by atoms with Crippen LogP contribution in [0.15, 0.2) is 66.5 Å². The van der Waals surface area contributed by atoms with Crippen LogP contribution in [0.2, 0.25) is 0 Å². The van der Waals surface area contributed by atoms with E-state index >= 15 is 0 Å². The minimum absolute atomic E-state index is 0.194. The summed E-state index contributed by atoms with van der Waals surface area (Å²) in [6, 6.07) is 16.6. The Balaban J connectivity index is 1.80. The van der Waals surface area contributed by atoms with Crippen LogP contribution in [0.5, 0.6) is 0 Å². The second-order valence-electron chi connectivity index (χ2n) is 6.47. The molecule has 6 nitrogen and oxygen atoms in total. The van der Waals surface area contributed by atoms with Crippen LogP contribution in [-0.4, -0.2) is 36.6 Å². The summed E-state index contributed by atoms with van der Waals surface area (Å²) < 4.78 is 5.29. The van der Waals surface area contributed by atoms with Gasteiger partial charge in [-0.25, -0.2) is 0 Å². The van der Waals surface area contributed by atoms with Gasteiger partial charge in [-0.05, 0) is 37.6 Å². The van der Waals surface area contributed by atoms with Crippen LogP contribution < -0.4 is 10.6 Å². The van der Waals surface area contributed by atoms with Crippen LogP contribution in [0.4, 0.5) is 0 Å². The number of para-hydroxylation sites is 1. The van der Waals surface area contributed by atoms with E-state index in [4.69, 9.17) is 4.74 Å². The van der Waals surface area contributed by atoms with Crippen LogP contribution in [0.3, 0.4) is 0 Å². The number of carbonyl (C=O) groups excluding carboxylic acids is 2. The Labute approximate surface area is 170 Å². The van der Waals surface area contributed by atoms with Crippen LogP contribution >= 0.6 is 0 Å². The Morgan fingerprint density at radius 3 is 2.62 bits per heavy atom. The molecule has 3 aromatic rings. The number of aromatic nitrogens is 1. The minimum atomic E-state index is -0.337. The van der Waals surface area contributed by atoms with Crippen LogP contribution in [0, 0.1) is 0 Å². The molecule has 2 amide bonds. The molecule has 150 valence electrons. The average Bonchev–Trinajstić information content (AvgIpc) is 3.16. The van der Waals surface area contributed by atoms with Gasteiger partial charge in [0.2, 0.25) is 0 Å². The molecule has 2 aromatic carbocycles. The molecule has 0 aliphatic heterocycles. The number of H-pyrrole nitrogens is 1. The van der Waals surface area contributed by atoms with Gasteiger partial charge in [-0.2, -0.15) is 0 Å². The quantitative estimate of drug-likeness (QED) is 0.386. The number of fused-ring (bicyclic) bond motifs is 1. The molecule has 1 heterocycles. The zero-order valence-corrected chi connectivity index (χ0v) is 16.4. The molecule has 0 saturated heterocycles. The summed E-state index contributed by atoms with van der Waals surface area (Å²) in [4.78, 5) is 28.5. The third kappa shape index (κ3) is 5.56. The monoisotopic (exact) mass is 391 g/mol. The van der Waals surface area contributed by atoms with Crippen molar-refractivity contribution in [3.63, 3.8) is 0 Å². The lowest BCUT2D eigenvalue weighted by molar-refractivity contribution is -0.117. The van der Waals surface area contributed by atoms with Gasteiger partial charge < -0.3 is 20.4 Å². The van der Waals surface area contributed by atoms with E-state index in [-0.39, 0.29) is 17.5 Å². The summed E-state index contributed by atoms with van der Waals surface area (Å²) in [6.07, 6.45) is 4.21. The normalized spacial score (nSPS) is 11.4. The molecule has 0 fully saturated rings. The van der Waals surface area contributed by atoms with Crippen molar-refractivity contribution in [1.29, 1.82) is 0 Å². The number of amides is 2. The topological polar surface area (TPSA) is 83.2 Å². The summed E-state index contributed by atoms with van der Waals surface area (Å²) in [5.74, 6) is -0.669. The first kappa shape index (κ1) is 20.4. The van der Waals surface area contributed by atoms with E-state index in [1.807, 2.05) is 43.5 Å². The number of rotatable bonds is 9. The molecule has 0 aliphatic rings. The maximum atomic E-state index is 12.8. The zero-order chi connectivity index (χ0) is 20.5. The predicted molar refractivity (Wildman–Crippen MR) is 114 cm³/mol. The highest BCUT2D eigenvalue weighted by molar-refractivity contribution is 6.06. The minimum Gasteiger partial charge on any atom is -0.382 e. The van der Waals surface area contributed by atoms with Gasteiger partial charge in [-0.3, -0.25) is 9.59 Å². The number of nitrogens with one attached hydrogen (secondary N) is 3. The average molecular weight is 391 g/mol. The van der Waals surface area contributed by atoms with Crippen LogP contribution in [-0.2, 0) is 9.53 Å². The summed E-state index contributed by atoms with van der Waals surface area (Å²) in [5, 5.41) is 6.58. The zero-order valence-electron chi connectivity index (χ0n) is 16.4. The number of aromatic amines is 1. The van der Waals surface area contributed by atoms with Gasteiger partial charge in [0.15, 0.2) is 0 Å². The third-order valence-electron chi connectivity index (χ3n) is 4.41. The number of ether oxygens (including phenoxy) is 1. The second-order valence-corrected chi connectivity index (χ2v) is 6.47. The largest absolute Gasteiger partial charge is 0.382 e. The summed E-state index contributed by atoms with van der Waals surface area (Å²) in [5.41, 5.74) is 2.47. The van der Waals surface area contributed by atoms with E-state index in [9.17, 15) is 9.59 Å². The van der Waals surface area contributed by atoms with E-state index < -0.39 is 0 Å². The van der Waals surface area contributed by atoms with Crippen molar-refractivity contribution in [2.75, 3.05) is 19.8 Å². The van der Waals surface area contributed by atoms with Gasteiger partial charge in [0.05, 0.1) is 0 Å². The summed E-state index contributed by atoms with van der Waals surface area (Å²) in [6.45, 7) is 3.62. The predicted octanol–water partition coefficient (Wildman–Crippen LogP) is 3.48. The number of hydrogen-bond donors (Lipinski definition) is 3. The van der Waals surface area contributed by atoms with Gasteiger partial charge in [-0.1, -0.05) is 36.4 Å². The number of carbonyl (C=O) groups is 2. The SMILES string of the molecule is CCOCCCNC(=O)C(=Cc1c[nH]c2ccccc12)NC(=O)c1ccccc1. The molecule has 0 aliphatic carbocycles. The molecule has 3 N–H and O–H groups in total. The first-order chi connectivity index (χ1) is 14.2. The fourth-order valence-electron chi connectivity index (χ4n) is 2.93. The molecule has 1 aromatic heterocycles. The number of benzene rings is 2. The highest BCUT2D eigenvalue weighted by Crippen LogP contribution is 2.20. The molecular weight excluding hydrogens is 366 g/mol. The van der Waals surface area contributed by atoms with Crippen molar-refractivity contribution in [1.82, 2.24) is 15.6 Å². The Hall–Kier alpha value is -3.38. The van der Waals surface area contributed by atoms with E-state index in [0.717, 1.165) is 16.5 Å². The summed E-state index contributed by atoms with van der Waals surface area (Å²) in [7, 11) is 0. The van der Waals surface area contributed by atoms with Crippen molar-refractivity contribution in [3.05, 3.63) is 77.6 Å². The Kier molecular flexibility index (Phi) is 7.19. The molecular formula is C23H25N3O3. The lowest BCUT2D eigenvalue weighted by Gasteiger charge is -2.11. The second kappa shape index (κ2) is 10.2. The smallest absolute Gasteiger partial charge is 0.267 e. The third-order valence-corrected chi connectivity index (χ3v) is 4.41. The molecule has 0 bridgehead atoms. The maximum absolute atomic E-state index is 12.8. The fourth-order valence-corrected chi connectivity index (χ4v) is 2.93. The molecule has 0 radical (unpaired) electrons. The van der Waals surface area contributed by atoms with E-state index in [1.54, 1.807) is 30.3 Å². The van der Waals surface area contributed by atoms with E-state index in [1.165, 1.54) is 0 Å². The first-order valence-electron chi connectivity index (χ1n) is 9.69. The van der Waals surface area contributed by atoms with Gasteiger partial charge in [0, 0.05) is 48.0 Å². The molecule has 0 unspecified atom stereocenters. The van der Waals surface area contributed by atoms with Crippen molar-refractivity contribution >= 4 is 28.8 Å². The standard InChI is InChI=1S/C23H25N3O3/c1-2-29-14-8-13-24-23(28)21(26-22(27)17-9-4-3-5-10-17)15-18-16-25-20-12-7-6-11-19(18)20/h3-7,9-12,15-16,25H,2,8,13-14H2,1H3,(H,24,28)(H,26,27). The van der Waals surface area contributed by atoms with Gasteiger partial charge in [0.1, 0.15) is 5.70 Å². The van der Waals surface area contributed by atoms with Crippen molar-refractivity contribution in [2.45, 2.75) is 13.3 Å². The number of hydrogen-bond acceptors (Lipinski definition) is 3. The Bertz CT molecular complexity index is 993. The van der Waals surface area contributed by atoms with Crippen molar-refractivity contribution < 1.29 is 14.3 Å². The highest BCUT2D eigenvalue weighted by atomic mass is 16.5. The maximum Gasteiger partial charge on any atom is 0.267 e. The fraction of sp³-hybridized carbons (Fsp3) is 0.217. The molecule has 0 atom stereocenters. The highest BCUT2D eigenvalue weighted by Gasteiger charge is 2.15. The van der Waals surface area contributed by atoms with Crippen molar-refractivity contribution in [2.24, 2.45) is 0 Å². The van der Waals surface area contributed by atoms with Gasteiger partial charge in [-0.15, -0.1) is 0 Å². The lowest BCUT2D eigenvalue weighted by atomic mass is 10.1. The molecule has 6 heteroatoms. The van der Waals surface area contributed by atoms with Crippen LogP contribution in [0.25, 0.3) is 17.0 Å².